The lowest BCUT2D eigenvalue weighted by molar-refractivity contribution is -0.157. The fraction of sp³-hybridized carbons (Fsp3) is 0.818. The third-order valence-corrected chi connectivity index (χ3v) is 3.18. The van der Waals surface area contributed by atoms with E-state index in [1.54, 1.807) is 6.92 Å². The Balaban J connectivity index is 2.00. The number of ether oxygens (including phenoxy) is 2. The summed E-state index contributed by atoms with van der Waals surface area (Å²) in [5.74, 6) is -0.975. The summed E-state index contributed by atoms with van der Waals surface area (Å²) in [6, 6.07) is 0.195. The first kappa shape index (κ1) is 11.5. The highest BCUT2D eigenvalue weighted by molar-refractivity contribution is 6.00. The van der Waals surface area contributed by atoms with Crippen molar-refractivity contribution in [3.8, 4) is 0 Å². The zero-order valence-electron chi connectivity index (χ0n) is 9.48. The summed E-state index contributed by atoms with van der Waals surface area (Å²) >= 11 is 0. The fourth-order valence-electron chi connectivity index (χ4n) is 2.30. The van der Waals surface area contributed by atoms with Gasteiger partial charge in [-0.1, -0.05) is 0 Å². The molecular weight excluding hydrogens is 210 g/mol. The summed E-state index contributed by atoms with van der Waals surface area (Å²) in [6.45, 7) is 4.51. The van der Waals surface area contributed by atoms with Crippen molar-refractivity contribution in [2.75, 3.05) is 32.9 Å². The molecule has 0 amide bonds. The molecule has 0 spiro atoms. The molecule has 5 heteroatoms. The van der Waals surface area contributed by atoms with Crippen LogP contribution in [0.4, 0.5) is 0 Å². The number of hydrogen-bond donors (Lipinski definition) is 0. The van der Waals surface area contributed by atoms with Gasteiger partial charge in [0.2, 0.25) is 0 Å². The minimum atomic E-state index is -0.581. The molecule has 0 aromatic heterocycles. The second-order valence-corrected chi connectivity index (χ2v) is 4.21. The number of morpholine rings is 1. The Hall–Kier alpha value is -0.940. The number of hydrogen-bond acceptors (Lipinski definition) is 5. The van der Waals surface area contributed by atoms with E-state index in [1.165, 1.54) is 0 Å². The van der Waals surface area contributed by atoms with Gasteiger partial charge < -0.3 is 9.47 Å². The highest BCUT2D eigenvalue weighted by Gasteiger charge is 2.40. The lowest BCUT2D eigenvalue weighted by Crippen LogP contribution is -2.55. The van der Waals surface area contributed by atoms with Crippen LogP contribution in [0, 0.1) is 5.92 Å². The topological polar surface area (TPSA) is 55.8 Å². The molecular formula is C11H17NO4. The smallest absolute Gasteiger partial charge is 0.316 e. The minimum absolute atomic E-state index is 0.0170. The quantitative estimate of drug-likeness (QED) is 0.484. The van der Waals surface area contributed by atoms with Crippen LogP contribution >= 0.6 is 0 Å². The number of esters is 1. The second kappa shape index (κ2) is 4.93. The lowest BCUT2D eigenvalue weighted by Gasteiger charge is -2.40. The van der Waals surface area contributed by atoms with Crippen LogP contribution in [-0.4, -0.2) is 55.6 Å². The number of nitrogens with zero attached hydrogens (tertiary/aromatic N) is 1. The average Bonchev–Trinajstić information content (AvgIpc) is 2.28. The minimum Gasteiger partial charge on any atom is -0.465 e. The van der Waals surface area contributed by atoms with E-state index < -0.39 is 5.92 Å². The average molecular weight is 227 g/mol. The summed E-state index contributed by atoms with van der Waals surface area (Å²) < 4.78 is 10.3. The van der Waals surface area contributed by atoms with Crippen molar-refractivity contribution in [2.45, 2.75) is 19.4 Å². The van der Waals surface area contributed by atoms with Gasteiger partial charge in [0, 0.05) is 12.6 Å². The zero-order chi connectivity index (χ0) is 11.5. The normalized spacial score (nSPS) is 30.9. The van der Waals surface area contributed by atoms with E-state index in [2.05, 4.69) is 4.90 Å². The number of ketones is 1. The van der Waals surface area contributed by atoms with E-state index >= 15 is 0 Å². The van der Waals surface area contributed by atoms with Gasteiger partial charge in [0.25, 0.3) is 0 Å². The Morgan fingerprint density at radius 1 is 1.62 bits per heavy atom. The van der Waals surface area contributed by atoms with Crippen LogP contribution in [-0.2, 0) is 19.1 Å². The molecule has 0 bridgehead atoms. The second-order valence-electron chi connectivity index (χ2n) is 4.21. The Morgan fingerprint density at radius 2 is 2.44 bits per heavy atom. The van der Waals surface area contributed by atoms with Crippen LogP contribution in [0.1, 0.15) is 13.3 Å². The number of carbonyl (C=O) groups excluding carboxylic acids is 2. The molecule has 0 aliphatic carbocycles. The Bertz CT molecular complexity index is 292. The zero-order valence-corrected chi connectivity index (χ0v) is 9.48. The predicted molar refractivity (Wildman–Crippen MR) is 55.9 cm³/mol. The largest absolute Gasteiger partial charge is 0.465 e. The molecule has 0 saturated carbocycles. The van der Waals surface area contributed by atoms with Crippen LogP contribution in [0.15, 0.2) is 0 Å². The number of fused-ring (bicyclic) bond motifs is 1. The van der Waals surface area contributed by atoms with E-state index in [1.807, 2.05) is 0 Å². The third-order valence-electron chi connectivity index (χ3n) is 3.18. The van der Waals surface area contributed by atoms with Gasteiger partial charge in [-0.25, -0.2) is 0 Å². The van der Waals surface area contributed by atoms with Crippen molar-refractivity contribution >= 4 is 11.8 Å². The van der Waals surface area contributed by atoms with Gasteiger partial charge >= 0.3 is 5.97 Å². The molecule has 2 rings (SSSR count). The van der Waals surface area contributed by atoms with E-state index in [0.29, 0.717) is 32.8 Å². The summed E-state index contributed by atoms with van der Waals surface area (Å²) in [6.07, 6.45) is 0.539. The SMILES string of the molecule is CCOC(=O)C1CC2COCCN2CC1=O. The molecule has 5 nitrogen and oxygen atoms in total. The highest BCUT2D eigenvalue weighted by Crippen LogP contribution is 2.23. The third kappa shape index (κ3) is 2.25. The van der Waals surface area contributed by atoms with Gasteiger partial charge in [-0.2, -0.15) is 0 Å². The van der Waals surface area contributed by atoms with Crippen LogP contribution in [0.3, 0.4) is 0 Å². The monoisotopic (exact) mass is 227 g/mol. The van der Waals surface area contributed by atoms with Gasteiger partial charge in [-0.05, 0) is 13.3 Å². The molecule has 2 saturated heterocycles. The highest BCUT2D eigenvalue weighted by atomic mass is 16.5. The van der Waals surface area contributed by atoms with Crippen molar-refractivity contribution in [2.24, 2.45) is 5.92 Å². The van der Waals surface area contributed by atoms with Crippen molar-refractivity contribution < 1.29 is 19.1 Å². The van der Waals surface area contributed by atoms with E-state index in [9.17, 15) is 9.59 Å². The van der Waals surface area contributed by atoms with Crippen molar-refractivity contribution in [3.05, 3.63) is 0 Å². The molecule has 90 valence electrons. The number of carbonyl (C=O) groups is 2. The Kier molecular flexibility index (Phi) is 3.56. The van der Waals surface area contributed by atoms with Gasteiger partial charge in [0.15, 0.2) is 5.78 Å². The molecule has 0 N–H and O–H groups in total. The van der Waals surface area contributed by atoms with Gasteiger partial charge in [-0.3, -0.25) is 14.5 Å². The maximum absolute atomic E-state index is 11.8. The summed E-state index contributed by atoms with van der Waals surface area (Å²) in [4.78, 5) is 25.5. The van der Waals surface area contributed by atoms with Gasteiger partial charge in [0.1, 0.15) is 5.92 Å². The maximum Gasteiger partial charge on any atom is 0.316 e. The standard InChI is InChI=1S/C11H17NO4/c1-2-16-11(14)9-5-8-7-15-4-3-12(8)6-10(9)13/h8-9H,2-7H2,1H3. The maximum atomic E-state index is 11.8. The lowest BCUT2D eigenvalue weighted by atomic mass is 9.89. The predicted octanol–water partition coefficient (Wildman–Crippen LogP) is -0.161. The molecule has 2 heterocycles. The molecule has 2 aliphatic rings. The van der Waals surface area contributed by atoms with Crippen molar-refractivity contribution in [3.63, 3.8) is 0 Å². The fourth-order valence-corrected chi connectivity index (χ4v) is 2.30. The van der Waals surface area contributed by atoms with Crippen molar-refractivity contribution in [1.29, 1.82) is 0 Å². The van der Waals surface area contributed by atoms with Gasteiger partial charge in [0.05, 0.1) is 26.4 Å². The molecule has 2 atom stereocenters. The van der Waals surface area contributed by atoms with E-state index in [0.717, 1.165) is 6.54 Å². The molecule has 0 aromatic rings. The molecule has 16 heavy (non-hydrogen) atoms. The number of Topliss-reactive ketones (excluding diaryl/α,β-unsaturated/α-hetero) is 1. The summed E-state index contributed by atoms with van der Waals surface area (Å²) in [5.41, 5.74) is 0. The molecule has 0 radical (unpaired) electrons. The summed E-state index contributed by atoms with van der Waals surface area (Å²) in [7, 11) is 0. The molecule has 2 fully saturated rings. The van der Waals surface area contributed by atoms with Crippen LogP contribution in [0.2, 0.25) is 0 Å². The van der Waals surface area contributed by atoms with Crippen LogP contribution < -0.4 is 0 Å². The van der Waals surface area contributed by atoms with E-state index in [-0.39, 0.29) is 17.8 Å². The number of piperidine rings is 1. The first-order valence-electron chi connectivity index (χ1n) is 5.73. The number of rotatable bonds is 2. The molecule has 0 aromatic carbocycles. The van der Waals surface area contributed by atoms with E-state index in [4.69, 9.17) is 9.47 Å². The summed E-state index contributed by atoms with van der Waals surface area (Å²) in [5, 5.41) is 0. The Morgan fingerprint density at radius 3 is 3.19 bits per heavy atom. The van der Waals surface area contributed by atoms with Crippen LogP contribution in [0.5, 0.6) is 0 Å². The van der Waals surface area contributed by atoms with Crippen LogP contribution in [0.25, 0.3) is 0 Å². The molecule has 2 aliphatic heterocycles. The van der Waals surface area contributed by atoms with Gasteiger partial charge in [-0.15, -0.1) is 0 Å². The van der Waals surface area contributed by atoms with Crippen molar-refractivity contribution in [1.82, 2.24) is 4.90 Å². The Labute approximate surface area is 94.7 Å². The first-order valence-corrected chi connectivity index (χ1v) is 5.73. The molecule has 2 unspecified atom stereocenters. The first-order chi connectivity index (χ1) is 7.72.